The van der Waals surface area contributed by atoms with E-state index in [4.69, 9.17) is 4.42 Å². The summed E-state index contributed by atoms with van der Waals surface area (Å²) in [6, 6.07) is 0. The summed E-state index contributed by atoms with van der Waals surface area (Å²) >= 11 is 0. The molecule has 80 valence electrons. The molecule has 1 N–H and O–H groups in total. The first-order chi connectivity index (χ1) is 7.29. The lowest BCUT2D eigenvalue weighted by atomic mass is 10.3. The number of oxazole rings is 1. The number of aryl methyl sites for hydroxylation is 1. The van der Waals surface area contributed by atoms with Crippen molar-refractivity contribution in [2.24, 2.45) is 0 Å². The largest absolute Gasteiger partial charge is 0.448 e. The van der Waals surface area contributed by atoms with Crippen LogP contribution in [-0.4, -0.2) is 27.0 Å². The molecule has 0 atom stereocenters. The first-order valence-electron chi connectivity index (χ1n) is 4.72. The summed E-state index contributed by atoms with van der Waals surface area (Å²) in [5.41, 5.74) is 1.80. The first kappa shape index (κ1) is 9.85. The zero-order valence-corrected chi connectivity index (χ0v) is 8.77. The summed E-state index contributed by atoms with van der Waals surface area (Å²) < 4.78 is 6.85. The van der Waals surface area contributed by atoms with Gasteiger partial charge >= 0.3 is 0 Å². The number of nitrogens with zero attached hydrogens (tertiary/aromatic N) is 4. The molecule has 0 aliphatic heterocycles. The van der Waals surface area contributed by atoms with Gasteiger partial charge in [0, 0.05) is 6.54 Å². The molecular formula is C9H13N5O. The summed E-state index contributed by atoms with van der Waals surface area (Å²) in [7, 11) is 1.88. The summed E-state index contributed by atoms with van der Waals surface area (Å²) in [6.45, 7) is 3.20. The molecule has 0 saturated carbocycles. The van der Waals surface area contributed by atoms with Gasteiger partial charge in [-0.25, -0.2) is 9.67 Å². The van der Waals surface area contributed by atoms with E-state index in [0.717, 1.165) is 23.7 Å². The van der Waals surface area contributed by atoms with Crippen molar-refractivity contribution in [2.75, 3.05) is 7.05 Å². The molecule has 15 heavy (non-hydrogen) atoms. The van der Waals surface area contributed by atoms with Crippen LogP contribution in [0.15, 0.2) is 17.0 Å². The van der Waals surface area contributed by atoms with Gasteiger partial charge in [0.25, 0.3) is 0 Å². The lowest BCUT2D eigenvalue weighted by molar-refractivity contribution is 0.521. The summed E-state index contributed by atoms with van der Waals surface area (Å²) in [4.78, 5) is 4.10. The molecule has 0 saturated heterocycles. The molecule has 0 bridgehead atoms. The fraction of sp³-hybridized carbons (Fsp3) is 0.444. The molecule has 6 heteroatoms. The van der Waals surface area contributed by atoms with E-state index in [9.17, 15) is 0 Å². The van der Waals surface area contributed by atoms with Crippen molar-refractivity contribution in [3.8, 4) is 0 Å². The Hall–Kier alpha value is -1.69. The summed E-state index contributed by atoms with van der Waals surface area (Å²) in [5.74, 6) is 0.820. The molecule has 0 aromatic carbocycles. The molecular weight excluding hydrogens is 194 g/mol. The van der Waals surface area contributed by atoms with Gasteiger partial charge in [0.15, 0.2) is 6.39 Å². The molecule has 0 aliphatic carbocycles. The van der Waals surface area contributed by atoms with Crippen molar-refractivity contribution in [1.29, 1.82) is 0 Å². The highest BCUT2D eigenvalue weighted by Crippen LogP contribution is 2.06. The molecule has 2 rings (SSSR count). The third-order valence-corrected chi connectivity index (χ3v) is 2.10. The van der Waals surface area contributed by atoms with Crippen molar-refractivity contribution < 1.29 is 4.42 Å². The maximum absolute atomic E-state index is 5.11. The predicted molar refractivity (Wildman–Crippen MR) is 53.1 cm³/mol. The SMILES string of the molecule is CNCc1cn(Cc2ncoc2C)nn1. The zero-order chi connectivity index (χ0) is 10.7. The summed E-state index contributed by atoms with van der Waals surface area (Å²) in [6.07, 6.45) is 3.33. The van der Waals surface area contributed by atoms with Crippen LogP contribution in [0.4, 0.5) is 0 Å². The Morgan fingerprint density at radius 1 is 1.53 bits per heavy atom. The molecule has 6 nitrogen and oxygen atoms in total. The van der Waals surface area contributed by atoms with Gasteiger partial charge in [-0.1, -0.05) is 5.21 Å². The van der Waals surface area contributed by atoms with Gasteiger partial charge in [-0.3, -0.25) is 0 Å². The van der Waals surface area contributed by atoms with Crippen molar-refractivity contribution >= 4 is 0 Å². The van der Waals surface area contributed by atoms with Crippen LogP contribution in [0.5, 0.6) is 0 Å². The van der Waals surface area contributed by atoms with Gasteiger partial charge < -0.3 is 9.73 Å². The molecule has 0 spiro atoms. The third-order valence-electron chi connectivity index (χ3n) is 2.10. The van der Waals surface area contributed by atoms with Gasteiger partial charge in [-0.2, -0.15) is 0 Å². The molecule has 2 aromatic rings. The van der Waals surface area contributed by atoms with Crippen LogP contribution in [0.1, 0.15) is 17.1 Å². The topological polar surface area (TPSA) is 68.8 Å². The predicted octanol–water partition coefficient (Wildman–Crippen LogP) is 0.342. The minimum absolute atomic E-state index is 0.596. The van der Waals surface area contributed by atoms with Crippen LogP contribution in [0.3, 0.4) is 0 Å². The van der Waals surface area contributed by atoms with E-state index in [1.807, 2.05) is 20.2 Å². The Kier molecular flexibility index (Phi) is 2.77. The monoisotopic (exact) mass is 207 g/mol. The van der Waals surface area contributed by atoms with Crippen LogP contribution < -0.4 is 5.32 Å². The van der Waals surface area contributed by atoms with Crippen LogP contribution in [-0.2, 0) is 13.1 Å². The Bertz CT molecular complexity index is 433. The Morgan fingerprint density at radius 3 is 3.07 bits per heavy atom. The van der Waals surface area contributed by atoms with E-state index < -0.39 is 0 Å². The molecule has 0 aliphatic rings. The molecule has 0 fully saturated rings. The fourth-order valence-corrected chi connectivity index (χ4v) is 1.31. The van der Waals surface area contributed by atoms with E-state index in [-0.39, 0.29) is 0 Å². The molecule has 2 aromatic heterocycles. The van der Waals surface area contributed by atoms with Gasteiger partial charge in [0.2, 0.25) is 0 Å². The first-order valence-corrected chi connectivity index (χ1v) is 4.72. The quantitative estimate of drug-likeness (QED) is 0.783. The lowest BCUT2D eigenvalue weighted by Crippen LogP contribution is -2.05. The number of rotatable bonds is 4. The second-order valence-electron chi connectivity index (χ2n) is 3.29. The van der Waals surface area contributed by atoms with E-state index in [1.54, 1.807) is 4.68 Å². The third kappa shape index (κ3) is 2.21. The van der Waals surface area contributed by atoms with Crippen LogP contribution in [0.2, 0.25) is 0 Å². The molecule has 0 radical (unpaired) electrons. The lowest BCUT2D eigenvalue weighted by Gasteiger charge is -1.96. The fourth-order valence-electron chi connectivity index (χ4n) is 1.31. The Balaban J connectivity index is 2.08. The van der Waals surface area contributed by atoms with Crippen LogP contribution in [0, 0.1) is 6.92 Å². The minimum Gasteiger partial charge on any atom is -0.448 e. The number of hydrogen-bond acceptors (Lipinski definition) is 5. The highest BCUT2D eigenvalue weighted by molar-refractivity contribution is 5.05. The number of hydrogen-bond donors (Lipinski definition) is 1. The van der Waals surface area contributed by atoms with Gasteiger partial charge in [0.1, 0.15) is 11.5 Å². The molecule has 0 amide bonds. The Morgan fingerprint density at radius 2 is 2.40 bits per heavy atom. The van der Waals surface area contributed by atoms with E-state index >= 15 is 0 Å². The Labute approximate surface area is 87.3 Å². The number of aromatic nitrogens is 4. The van der Waals surface area contributed by atoms with Crippen molar-refractivity contribution in [3.05, 3.63) is 29.7 Å². The van der Waals surface area contributed by atoms with E-state index in [1.165, 1.54) is 6.39 Å². The van der Waals surface area contributed by atoms with Gasteiger partial charge in [-0.15, -0.1) is 5.10 Å². The van der Waals surface area contributed by atoms with Crippen molar-refractivity contribution in [1.82, 2.24) is 25.3 Å². The van der Waals surface area contributed by atoms with E-state index in [0.29, 0.717) is 6.54 Å². The minimum atomic E-state index is 0.596. The van der Waals surface area contributed by atoms with Gasteiger partial charge in [-0.05, 0) is 14.0 Å². The second kappa shape index (κ2) is 4.22. The maximum atomic E-state index is 5.11. The molecule has 0 unspecified atom stereocenters. The van der Waals surface area contributed by atoms with Crippen molar-refractivity contribution in [2.45, 2.75) is 20.0 Å². The average Bonchev–Trinajstić information content (AvgIpc) is 2.79. The van der Waals surface area contributed by atoms with Gasteiger partial charge in [0.05, 0.1) is 18.4 Å². The van der Waals surface area contributed by atoms with Crippen LogP contribution in [0.25, 0.3) is 0 Å². The van der Waals surface area contributed by atoms with E-state index in [2.05, 4.69) is 20.6 Å². The molecule has 2 heterocycles. The zero-order valence-electron chi connectivity index (χ0n) is 8.77. The highest BCUT2D eigenvalue weighted by atomic mass is 16.3. The number of nitrogens with one attached hydrogen (secondary N) is 1. The maximum Gasteiger partial charge on any atom is 0.181 e. The standard InChI is InChI=1S/C9H13N5O/c1-7-9(11-6-15-7)5-14-4-8(3-10-2)12-13-14/h4,6,10H,3,5H2,1-2H3. The highest BCUT2D eigenvalue weighted by Gasteiger charge is 2.05. The summed E-state index contributed by atoms with van der Waals surface area (Å²) in [5, 5.41) is 11.0. The van der Waals surface area contributed by atoms with Crippen molar-refractivity contribution in [3.63, 3.8) is 0 Å². The average molecular weight is 207 g/mol. The smallest absolute Gasteiger partial charge is 0.181 e. The second-order valence-corrected chi connectivity index (χ2v) is 3.29. The normalized spacial score (nSPS) is 10.8. The van der Waals surface area contributed by atoms with Crippen LogP contribution >= 0.6 is 0 Å².